The van der Waals surface area contributed by atoms with E-state index in [4.69, 9.17) is 11.6 Å². The molecule has 106 valence electrons. The van der Waals surface area contributed by atoms with E-state index in [9.17, 15) is 4.79 Å². The summed E-state index contributed by atoms with van der Waals surface area (Å²) in [5.41, 5.74) is 0.413. The molecule has 20 heavy (non-hydrogen) atoms. The van der Waals surface area contributed by atoms with Gasteiger partial charge in [-0.05, 0) is 31.7 Å². The summed E-state index contributed by atoms with van der Waals surface area (Å²) in [6.45, 7) is 6.76. The van der Waals surface area contributed by atoms with Crippen molar-refractivity contribution in [3.05, 3.63) is 41.2 Å². The number of fused-ring (bicyclic) bond motifs is 1. The second kappa shape index (κ2) is 6.23. The predicted molar refractivity (Wildman–Crippen MR) is 83.2 cm³/mol. The molecule has 1 heterocycles. The molecule has 1 aromatic heterocycles. The number of carbonyl (C=O) groups excluding carboxylic acids is 1. The zero-order valence-electron chi connectivity index (χ0n) is 12.1. The zero-order valence-corrected chi connectivity index (χ0v) is 12.8. The van der Waals surface area contributed by atoms with Gasteiger partial charge in [-0.2, -0.15) is 0 Å². The fraction of sp³-hybridized carbons (Fsp3) is 0.375. The van der Waals surface area contributed by atoms with Gasteiger partial charge in [-0.25, -0.2) is 4.98 Å². The molecule has 1 atom stereocenters. The molecule has 0 fully saturated rings. The van der Waals surface area contributed by atoms with Crippen molar-refractivity contribution < 1.29 is 4.79 Å². The summed E-state index contributed by atoms with van der Waals surface area (Å²) in [5, 5.41) is 2.19. The van der Waals surface area contributed by atoms with Gasteiger partial charge in [-0.15, -0.1) is 0 Å². The second-order valence-electron chi connectivity index (χ2n) is 4.87. The van der Waals surface area contributed by atoms with Gasteiger partial charge in [0.1, 0.15) is 10.8 Å². The average molecular weight is 291 g/mol. The highest BCUT2D eigenvalue weighted by atomic mass is 35.5. The summed E-state index contributed by atoms with van der Waals surface area (Å²) < 4.78 is 0. The summed E-state index contributed by atoms with van der Waals surface area (Å²) in [4.78, 5) is 18.7. The van der Waals surface area contributed by atoms with E-state index in [0.717, 1.165) is 17.2 Å². The van der Waals surface area contributed by atoms with Crippen LogP contribution in [0.1, 0.15) is 37.7 Å². The first kappa shape index (κ1) is 14.8. The second-order valence-corrected chi connectivity index (χ2v) is 5.23. The smallest absolute Gasteiger partial charge is 0.272 e. The fourth-order valence-corrected chi connectivity index (χ4v) is 2.55. The number of carbonyl (C=O) groups is 1. The van der Waals surface area contributed by atoms with Gasteiger partial charge in [0, 0.05) is 18.0 Å². The van der Waals surface area contributed by atoms with Crippen LogP contribution in [0.5, 0.6) is 0 Å². The lowest BCUT2D eigenvalue weighted by atomic mass is 10.1. The predicted octanol–water partition coefficient (Wildman–Crippen LogP) is 4.15. The molecule has 1 unspecified atom stereocenters. The highest BCUT2D eigenvalue weighted by Gasteiger charge is 2.20. The monoisotopic (exact) mass is 290 g/mol. The topological polar surface area (TPSA) is 33.2 Å². The van der Waals surface area contributed by atoms with E-state index >= 15 is 0 Å². The van der Waals surface area contributed by atoms with Gasteiger partial charge < -0.3 is 4.90 Å². The van der Waals surface area contributed by atoms with Gasteiger partial charge >= 0.3 is 0 Å². The van der Waals surface area contributed by atoms with Gasteiger partial charge in [0.05, 0.1) is 0 Å². The van der Waals surface area contributed by atoms with Gasteiger partial charge in [-0.3, -0.25) is 4.79 Å². The summed E-state index contributed by atoms with van der Waals surface area (Å²) >= 11 is 6.19. The lowest BCUT2D eigenvalue weighted by Gasteiger charge is -2.27. The number of hydrogen-bond acceptors (Lipinski definition) is 2. The Bertz CT molecular complexity index is 627. The van der Waals surface area contributed by atoms with E-state index in [1.807, 2.05) is 49.1 Å². The molecule has 0 aliphatic heterocycles. The summed E-state index contributed by atoms with van der Waals surface area (Å²) in [5.74, 6) is -0.0606. The van der Waals surface area contributed by atoms with Crippen LogP contribution in [0.25, 0.3) is 10.8 Å². The summed E-state index contributed by atoms with van der Waals surface area (Å²) in [6, 6.07) is 9.70. The highest BCUT2D eigenvalue weighted by Crippen LogP contribution is 2.23. The van der Waals surface area contributed by atoms with Crippen LogP contribution >= 0.6 is 11.6 Å². The Labute approximate surface area is 124 Å². The maximum Gasteiger partial charge on any atom is 0.272 e. The standard InChI is InChI=1S/C16H19ClN2O/c1-4-11(3)19(5-2)16(20)14-10-12-8-6-7-9-13(12)15(17)18-14/h6-11H,4-5H2,1-3H3. The number of pyridine rings is 1. The van der Waals surface area contributed by atoms with Crippen molar-refractivity contribution in [1.29, 1.82) is 0 Å². The largest absolute Gasteiger partial charge is 0.335 e. The molecule has 0 aliphatic carbocycles. The Morgan fingerprint density at radius 3 is 2.70 bits per heavy atom. The van der Waals surface area contributed by atoms with Crippen molar-refractivity contribution in [2.75, 3.05) is 6.54 Å². The molecule has 0 saturated carbocycles. The Hall–Kier alpha value is -1.61. The molecule has 0 N–H and O–H groups in total. The lowest BCUT2D eigenvalue weighted by molar-refractivity contribution is 0.0694. The van der Waals surface area contributed by atoms with Crippen LogP contribution in [0, 0.1) is 0 Å². The Kier molecular flexibility index (Phi) is 4.61. The Balaban J connectivity index is 2.44. The van der Waals surface area contributed by atoms with Crippen LogP contribution in [-0.4, -0.2) is 28.4 Å². The van der Waals surface area contributed by atoms with Gasteiger partial charge in [0.15, 0.2) is 0 Å². The number of hydrogen-bond donors (Lipinski definition) is 0. The number of halogens is 1. The molecule has 0 aliphatic rings. The highest BCUT2D eigenvalue weighted by molar-refractivity contribution is 6.34. The minimum atomic E-state index is -0.0606. The van der Waals surface area contributed by atoms with E-state index in [0.29, 0.717) is 17.4 Å². The molecule has 3 nitrogen and oxygen atoms in total. The normalized spacial score (nSPS) is 12.4. The maximum absolute atomic E-state index is 12.6. The van der Waals surface area contributed by atoms with Crippen molar-refractivity contribution in [3.63, 3.8) is 0 Å². The lowest BCUT2D eigenvalue weighted by Crippen LogP contribution is -2.38. The van der Waals surface area contributed by atoms with Crippen LogP contribution in [-0.2, 0) is 0 Å². The molecule has 0 spiro atoms. The molecule has 1 aromatic carbocycles. The van der Waals surface area contributed by atoms with Gasteiger partial charge in [0.25, 0.3) is 5.91 Å². The minimum absolute atomic E-state index is 0.0606. The SMILES string of the molecule is CCC(C)N(CC)C(=O)c1cc2ccccc2c(Cl)n1. The minimum Gasteiger partial charge on any atom is -0.335 e. The zero-order chi connectivity index (χ0) is 14.7. The Morgan fingerprint density at radius 2 is 2.05 bits per heavy atom. The third kappa shape index (κ3) is 2.78. The van der Waals surface area contributed by atoms with Crippen molar-refractivity contribution in [1.82, 2.24) is 9.88 Å². The van der Waals surface area contributed by atoms with Crippen LogP contribution in [0.3, 0.4) is 0 Å². The molecular weight excluding hydrogens is 272 g/mol. The van der Waals surface area contributed by atoms with E-state index < -0.39 is 0 Å². The van der Waals surface area contributed by atoms with E-state index in [1.165, 1.54) is 0 Å². The molecule has 0 saturated heterocycles. The molecule has 1 amide bonds. The molecule has 2 rings (SSSR count). The number of rotatable bonds is 4. The van der Waals surface area contributed by atoms with Crippen molar-refractivity contribution in [2.24, 2.45) is 0 Å². The first-order valence-corrected chi connectivity index (χ1v) is 7.32. The van der Waals surface area contributed by atoms with Crippen LogP contribution in [0.15, 0.2) is 30.3 Å². The third-order valence-corrected chi connectivity index (χ3v) is 3.93. The fourth-order valence-electron chi connectivity index (χ4n) is 2.29. The van der Waals surface area contributed by atoms with E-state index in [2.05, 4.69) is 11.9 Å². The van der Waals surface area contributed by atoms with E-state index in [-0.39, 0.29) is 11.9 Å². The van der Waals surface area contributed by atoms with Gasteiger partial charge in [-0.1, -0.05) is 42.8 Å². The number of benzene rings is 1. The number of amides is 1. The molecule has 4 heteroatoms. The van der Waals surface area contributed by atoms with Crippen molar-refractivity contribution in [3.8, 4) is 0 Å². The molecule has 0 radical (unpaired) electrons. The van der Waals surface area contributed by atoms with E-state index in [1.54, 1.807) is 0 Å². The maximum atomic E-state index is 12.6. The summed E-state index contributed by atoms with van der Waals surface area (Å²) in [6.07, 6.45) is 0.918. The first-order chi connectivity index (χ1) is 9.58. The van der Waals surface area contributed by atoms with Crippen molar-refractivity contribution in [2.45, 2.75) is 33.2 Å². The Morgan fingerprint density at radius 1 is 1.35 bits per heavy atom. The first-order valence-electron chi connectivity index (χ1n) is 6.94. The quantitative estimate of drug-likeness (QED) is 0.793. The number of aromatic nitrogens is 1. The third-order valence-electron chi connectivity index (χ3n) is 3.64. The molecule has 2 aromatic rings. The number of nitrogens with zero attached hydrogens (tertiary/aromatic N) is 2. The van der Waals surface area contributed by atoms with Crippen LogP contribution < -0.4 is 0 Å². The van der Waals surface area contributed by atoms with Gasteiger partial charge in [0.2, 0.25) is 0 Å². The summed E-state index contributed by atoms with van der Waals surface area (Å²) in [7, 11) is 0. The molecular formula is C16H19ClN2O. The van der Waals surface area contributed by atoms with Crippen molar-refractivity contribution >= 4 is 28.3 Å². The molecule has 0 bridgehead atoms. The average Bonchev–Trinajstić information content (AvgIpc) is 2.47. The van der Waals surface area contributed by atoms with Crippen LogP contribution in [0.2, 0.25) is 5.15 Å². The van der Waals surface area contributed by atoms with Crippen LogP contribution in [0.4, 0.5) is 0 Å².